The van der Waals surface area contributed by atoms with Gasteiger partial charge in [0.2, 0.25) is 0 Å². The fourth-order valence-corrected chi connectivity index (χ4v) is 2.33. The fourth-order valence-electron chi connectivity index (χ4n) is 2.33. The number of carboxylic acid groups (broad SMARTS) is 1. The standard InChI is InChI=1S/C17H12F2N2O2/c1-10-3-2-4-12(7-10)21-16(9-15(20-21)17(22)23)13-8-11(18)5-6-14(13)19/h2-9H,1H3,(H,22,23). The molecule has 2 aromatic carbocycles. The Morgan fingerprint density at radius 3 is 2.61 bits per heavy atom. The molecular formula is C17H12F2N2O2. The number of aryl methyl sites for hydroxylation is 1. The summed E-state index contributed by atoms with van der Waals surface area (Å²) in [5.74, 6) is -2.51. The topological polar surface area (TPSA) is 55.1 Å². The molecule has 0 spiro atoms. The normalized spacial score (nSPS) is 10.7. The Morgan fingerprint density at radius 2 is 1.91 bits per heavy atom. The highest BCUT2D eigenvalue weighted by molar-refractivity contribution is 5.87. The predicted octanol–water partition coefficient (Wildman–Crippen LogP) is 3.82. The van der Waals surface area contributed by atoms with Gasteiger partial charge in [0.1, 0.15) is 11.6 Å². The first kappa shape index (κ1) is 14.9. The van der Waals surface area contributed by atoms with Gasteiger partial charge in [-0.3, -0.25) is 0 Å². The Kier molecular flexibility index (Phi) is 3.65. The molecule has 1 N–H and O–H groups in total. The lowest BCUT2D eigenvalue weighted by Crippen LogP contribution is -2.03. The molecule has 0 aliphatic rings. The van der Waals surface area contributed by atoms with Crippen molar-refractivity contribution in [3.05, 3.63) is 71.4 Å². The van der Waals surface area contributed by atoms with Crippen LogP contribution in [0.3, 0.4) is 0 Å². The molecule has 0 amide bonds. The molecule has 0 saturated heterocycles. The van der Waals surface area contributed by atoms with E-state index in [1.54, 1.807) is 18.2 Å². The molecule has 23 heavy (non-hydrogen) atoms. The summed E-state index contributed by atoms with van der Waals surface area (Å²) in [6.07, 6.45) is 0. The maximum Gasteiger partial charge on any atom is 0.356 e. The molecule has 0 unspecified atom stereocenters. The Hall–Kier alpha value is -3.02. The van der Waals surface area contributed by atoms with Gasteiger partial charge < -0.3 is 5.11 Å². The van der Waals surface area contributed by atoms with E-state index in [4.69, 9.17) is 5.11 Å². The van der Waals surface area contributed by atoms with Gasteiger partial charge in [-0.05, 0) is 48.9 Å². The summed E-state index contributed by atoms with van der Waals surface area (Å²) in [5.41, 5.74) is 1.37. The molecule has 1 heterocycles. The molecule has 0 radical (unpaired) electrons. The minimum atomic E-state index is -1.24. The van der Waals surface area contributed by atoms with Crippen molar-refractivity contribution < 1.29 is 18.7 Å². The average molecular weight is 314 g/mol. The predicted molar refractivity (Wildman–Crippen MR) is 80.6 cm³/mol. The minimum absolute atomic E-state index is 0.0495. The maximum atomic E-state index is 14.1. The van der Waals surface area contributed by atoms with Crippen LogP contribution in [0.25, 0.3) is 16.9 Å². The van der Waals surface area contributed by atoms with Gasteiger partial charge in [-0.25, -0.2) is 18.3 Å². The summed E-state index contributed by atoms with van der Waals surface area (Å²) >= 11 is 0. The zero-order valence-corrected chi connectivity index (χ0v) is 12.1. The van der Waals surface area contributed by atoms with Crippen molar-refractivity contribution in [1.82, 2.24) is 9.78 Å². The lowest BCUT2D eigenvalue weighted by Gasteiger charge is -2.09. The average Bonchev–Trinajstić information content (AvgIpc) is 2.95. The highest BCUT2D eigenvalue weighted by atomic mass is 19.1. The van der Waals surface area contributed by atoms with Crippen molar-refractivity contribution >= 4 is 5.97 Å². The van der Waals surface area contributed by atoms with Crippen LogP contribution in [0.4, 0.5) is 8.78 Å². The molecule has 0 aliphatic heterocycles. The van der Waals surface area contributed by atoms with E-state index in [9.17, 15) is 13.6 Å². The van der Waals surface area contributed by atoms with E-state index in [2.05, 4.69) is 5.10 Å². The van der Waals surface area contributed by atoms with Gasteiger partial charge in [0.25, 0.3) is 0 Å². The Morgan fingerprint density at radius 1 is 1.13 bits per heavy atom. The molecule has 0 fully saturated rings. The summed E-state index contributed by atoms with van der Waals surface area (Å²) < 4.78 is 28.9. The second kappa shape index (κ2) is 5.64. The van der Waals surface area contributed by atoms with Crippen molar-refractivity contribution in [2.24, 2.45) is 0 Å². The summed E-state index contributed by atoms with van der Waals surface area (Å²) in [6, 6.07) is 11.4. The van der Waals surface area contributed by atoms with Crippen molar-refractivity contribution in [2.75, 3.05) is 0 Å². The van der Waals surface area contributed by atoms with Gasteiger partial charge in [-0.2, -0.15) is 5.10 Å². The van der Waals surface area contributed by atoms with Crippen LogP contribution in [0.15, 0.2) is 48.5 Å². The number of carbonyl (C=O) groups is 1. The van der Waals surface area contributed by atoms with Gasteiger partial charge >= 0.3 is 5.97 Å². The van der Waals surface area contributed by atoms with E-state index in [0.29, 0.717) is 5.69 Å². The van der Waals surface area contributed by atoms with Crippen LogP contribution in [-0.4, -0.2) is 20.9 Å². The molecule has 0 bridgehead atoms. The quantitative estimate of drug-likeness (QED) is 0.799. The van der Waals surface area contributed by atoms with E-state index in [1.807, 2.05) is 13.0 Å². The molecule has 3 rings (SSSR count). The zero-order chi connectivity index (χ0) is 16.6. The minimum Gasteiger partial charge on any atom is -0.476 e. The fraction of sp³-hybridized carbons (Fsp3) is 0.0588. The van der Waals surface area contributed by atoms with Crippen LogP contribution in [0, 0.1) is 18.6 Å². The van der Waals surface area contributed by atoms with Gasteiger partial charge in [0, 0.05) is 5.56 Å². The first-order chi connectivity index (χ1) is 11.0. The van der Waals surface area contributed by atoms with Crippen LogP contribution in [0.2, 0.25) is 0 Å². The number of hydrogen-bond donors (Lipinski definition) is 1. The Balaban J connectivity index is 2.27. The van der Waals surface area contributed by atoms with Crippen LogP contribution < -0.4 is 0 Å². The molecule has 0 atom stereocenters. The lowest BCUT2D eigenvalue weighted by atomic mass is 10.1. The smallest absolute Gasteiger partial charge is 0.356 e. The van der Waals surface area contributed by atoms with Crippen LogP contribution >= 0.6 is 0 Å². The number of rotatable bonds is 3. The van der Waals surface area contributed by atoms with Crippen molar-refractivity contribution in [3.63, 3.8) is 0 Å². The van der Waals surface area contributed by atoms with Gasteiger partial charge in [0.05, 0.1) is 11.4 Å². The second-order valence-electron chi connectivity index (χ2n) is 5.09. The Bertz CT molecular complexity index is 903. The van der Waals surface area contributed by atoms with Gasteiger partial charge in [-0.15, -0.1) is 0 Å². The number of aromatic carboxylic acids is 1. The molecule has 1 aromatic heterocycles. The zero-order valence-electron chi connectivity index (χ0n) is 12.1. The van der Waals surface area contributed by atoms with Crippen molar-refractivity contribution in [2.45, 2.75) is 6.92 Å². The number of aromatic nitrogens is 2. The van der Waals surface area contributed by atoms with Crippen LogP contribution in [-0.2, 0) is 0 Å². The monoisotopic (exact) mass is 314 g/mol. The summed E-state index contributed by atoms with van der Waals surface area (Å²) in [5, 5.41) is 13.1. The molecule has 3 aromatic rings. The van der Waals surface area contributed by atoms with Crippen LogP contribution in [0.1, 0.15) is 16.1 Å². The van der Waals surface area contributed by atoms with E-state index in [-0.39, 0.29) is 17.0 Å². The molecule has 116 valence electrons. The summed E-state index contributed by atoms with van der Waals surface area (Å²) in [4.78, 5) is 11.2. The van der Waals surface area contributed by atoms with E-state index in [1.165, 1.54) is 10.7 Å². The highest BCUT2D eigenvalue weighted by Gasteiger charge is 2.19. The first-order valence-electron chi connectivity index (χ1n) is 6.81. The number of hydrogen-bond acceptors (Lipinski definition) is 2. The largest absolute Gasteiger partial charge is 0.476 e. The van der Waals surface area contributed by atoms with Crippen molar-refractivity contribution in [1.29, 1.82) is 0 Å². The molecule has 0 aliphatic carbocycles. The molecule has 6 heteroatoms. The molecular weight excluding hydrogens is 302 g/mol. The first-order valence-corrected chi connectivity index (χ1v) is 6.81. The summed E-state index contributed by atoms with van der Waals surface area (Å²) in [6.45, 7) is 1.87. The number of benzene rings is 2. The number of carboxylic acids is 1. The van der Waals surface area contributed by atoms with E-state index < -0.39 is 17.6 Å². The van der Waals surface area contributed by atoms with Gasteiger partial charge in [-0.1, -0.05) is 12.1 Å². The van der Waals surface area contributed by atoms with E-state index in [0.717, 1.165) is 23.8 Å². The lowest BCUT2D eigenvalue weighted by molar-refractivity contribution is 0.0690. The van der Waals surface area contributed by atoms with Crippen molar-refractivity contribution in [3.8, 4) is 16.9 Å². The third-order valence-corrected chi connectivity index (χ3v) is 3.38. The third kappa shape index (κ3) is 2.83. The van der Waals surface area contributed by atoms with E-state index >= 15 is 0 Å². The van der Waals surface area contributed by atoms with Crippen LogP contribution in [0.5, 0.6) is 0 Å². The third-order valence-electron chi connectivity index (χ3n) is 3.38. The summed E-state index contributed by atoms with van der Waals surface area (Å²) in [7, 11) is 0. The number of nitrogens with zero attached hydrogens (tertiary/aromatic N) is 2. The second-order valence-corrected chi connectivity index (χ2v) is 5.09. The number of halogens is 2. The van der Waals surface area contributed by atoms with Gasteiger partial charge in [0.15, 0.2) is 5.69 Å². The maximum absolute atomic E-state index is 14.1. The SMILES string of the molecule is Cc1cccc(-n2nc(C(=O)O)cc2-c2cc(F)ccc2F)c1. The molecule has 4 nitrogen and oxygen atoms in total. The highest BCUT2D eigenvalue weighted by Crippen LogP contribution is 2.27. The molecule has 0 saturated carbocycles. The Labute approximate surface area is 130 Å².